The summed E-state index contributed by atoms with van der Waals surface area (Å²) in [5.41, 5.74) is 1.21. The van der Waals surface area contributed by atoms with Gasteiger partial charge in [0.15, 0.2) is 5.96 Å². The number of rotatable bonds is 5. The zero-order valence-electron chi connectivity index (χ0n) is 13.2. The molecular formula is C17H27N3O. The number of benzene rings is 1. The zero-order valence-corrected chi connectivity index (χ0v) is 13.2. The van der Waals surface area contributed by atoms with Crippen LogP contribution in [0.5, 0.6) is 0 Å². The summed E-state index contributed by atoms with van der Waals surface area (Å²) in [6, 6.07) is 10.3. The Morgan fingerprint density at radius 2 is 2.00 bits per heavy atom. The van der Waals surface area contributed by atoms with Crippen LogP contribution in [0.2, 0.25) is 0 Å². The van der Waals surface area contributed by atoms with Gasteiger partial charge < -0.3 is 15.0 Å². The number of ether oxygens (including phenoxy) is 1. The topological polar surface area (TPSA) is 36.9 Å². The van der Waals surface area contributed by atoms with Gasteiger partial charge in [-0.1, -0.05) is 37.3 Å². The number of hydrogen-bond acceptors (Lipinski definition) is 2. The molecule has 1 saturated heterocycles. The number of nitrogens with one attached hydrogen (secondary N) is 1. The molecule has 0 saturated carbocycles. The number of hydrogen-bond donors (Lipinski definition) is 1. The van der Waals surface area contributed by atoms with Gasteiger partial charge in [-0.25, -0.2) is 0 Å². The highest BCUT2D eigenvalue weighted by Gasteiger charge is 2.18. The highest BCUT2D eigenvalue weighted by Crippen LogP contribution is 2.15. The Kier molecular flexibility index (Phi) is 6.54. The molecule has 0 aromatic heterocycles. The fourth-order valence-corrected chi connectivity index (χ4v) is 2.55. The standard InChI is InChI=1S/C17H27N3O/c1-15-8-11-20(12-9-15)17(18-2)19-10-13-21-14-16-6-4-3-5-7-16/h3-7,15H,8-14H2,1-2H3,(H,18,19). The first-order valence-electron chi connectivity index (χ1n) is 7.87. The van der Waals surface area contributed by atoms with Crippen molar-refractivity contribution in [2.24, 2.45) is 10.9 Å². The molecular weight excluding hydrogens is 262 g/mol. The first kappa shape index (κ1) is 15.8. The van der Waals surface area contributed by atoms with Gasteiger partial charge in [0.05, 0.1) is 13.2 Å². The maximum atomic E-state index is 5.68. The van der Waals surface area contributed by atoms with Gasteiger partial charge in [-0.2, -0.15) is 0 Å². The van der Waals surface area contributed by atoms with E-state index in [0.29, 0.717) is 13.2 Å². The lowest BCUT2D eigenvalue weighted by Crippen LogP contribution is -2.46. The minimum absolute atomic E-state index is 0.669. The van der Waals surface area contributed by atoms with Gasteiger partial charge in [-0.05, 0) is 24.3 Å². The Morgan fingerprint density at radius 3 is 2.67 bits per heavy atom. The Morgan fingerprint density at radius 1 is 1.29 bits per heavy atom. The molecule has 0 aliphatic carbocycles. The first-order valence-corrected chi connectivity index (χ1v) is 7.87. The van der Waals surface area contributed by atoms with Crippen LogP contribution in [-0.4, -0.2) is 44.1 Å². The number of guanidine groups is 1. The van der Waals surface area contributed by atoms with Crippen LogP contribution in [0.3, 0.4) is 0 Å². The maximum Gasteiger partial charge on any atom is 0.193 e. The normalized spacial score (nSPS) is 17.0. The van der Waals surface area contributed by atoms with Crippen LogP contribution in [-0.2, 0) is 11.3 Å². The van der Waals surface area contributed by atoms with Crippen molar-refractivity contribution < 1.29 is 4.74 Å². The van der Waals surface area contributed by atoms with Crippen molar-refractivity contribution in [1.82, 2.24) is 10.2 Å². The maximum absolute atomic E-state index is 5.68. The summed E-state index contributed by atoms with van der Waals surface area (Å²) in [6.45, 7) is 6.69. The minimum atomic E-state index is 0.669. The summed E-state index contributed by atoms with van der Waals surface area (Å²) in [4.78, 5) is 6.71. The second-order valence-corrected chi connectivity index (χ2v) is 5.68. The molecule has 116 valence electrons. The molecule has 0 atom stereocenters. The van der Waals surface area contributed by atoms with E-state index in [1.54, 1.807) is 0 Å². The Balaban J connectivity index is 1.63. The minimum Gasteiger partial charge on any atom is -0.375 e. The van der Waals surface area contributed by atoms with E-state index >= 15 is 0 Å². The summed E-state index contributed by atoms with van der Waals surface area (Å²) >= 11 is 0. The summed E-state index contributed by atoms with van der Waals surface area (Å²) in [7, 11) is 1.85. The smallest absolute Gasteiger partial charge is 0.193 e. The van der Waals surface area contributed by atoms with Crippen LogP contribution in [0.4, 0.5) is 0 Å². The molecule has 1 N–H and O–H groups in total. The monoisotopic (exact) mass is 289 g/mol. The second kappa shape index (κ2) is 8.67. The van der Waals surface area contributed by atoms with Crippen LogP contribution in [0, 0.1) is 5.92 Å². The van der Waals surface area contributed by atoms with E-state index < -0.39 is 0 Å². The summed E-state index contributed by atoms with van der Waals surface area (Å²) in [5, 5.41) is 3.39. The average Bonchev–Trinajstić information content (AvgIpc) is 2.53. The van der Waals surface area contributed by atoms with Crippen LogP contribution >= 0.6 is 0 Å². The van der Waals surface area contributed by atoms with Crippen LogP contribution in [0.15, 0.2) is 35.3 Å². The number of aliphatic imine (C=N–C) groups is 1. The summed E-state index contributed by atoms with van der Waals surface area (Å²) < 4.78 is 5.68. The van der Waals surface area contributed by atoms with Crippen molar-refractivity contribution >= 4 is 5.96 Å². The van der Waals surface area contributed by atoms with Crippen molar-refractivity contribution in [3.63, 3.8) is 0 Å². The third-order valence-corrected chi connectivity index (χ3v) is 3.94. The van der Waals surface area contributed by atoms with Gasteiger partial charge in [0.1, 0.15) is 0 Å². The van der Waals surface area contributed by atoms with Crippen molar-refractivity contribution in [2.75, 3.05) is 33.3 Å². The van der Waals surface area contributed by atoms with Crippen LogP contribution in [0.25, 0.3) is 0 Å². The Hall–Kier alpha value is -1.55. The van der Waals surface area contributed by atoms with E-state index in [1.807, 2.05) is 25.2 Å². The Labute approximate surface area is 128 Å². The fraction of sp³-hybridized carbons (Fsp3) is 0.588. The lowest BCUT2D eigenvalue weighted by atomic mass is 10.00. The molecule has 21 heavy (non-hydrogen) atoms. The van der Waals surface area contributed by atoms with Gasteiger partial charge >= 0.3 is 0 Å². The lowest BCUT2D eigenvalue weighted by Gasteiger charge is -2.32. The molecule has 0 amide bonds. The van der Waals surface area contributed by atoms with Gasteiger partial charge in [0.2, 0.25) is 0 Å². The molecule has 0 unspecified atom stereocenters. The quantitative estimate of drug-likeness (QED) is 0.514. The third-order valence-electron chi connectivity index (χ3n) is 3.94. The van der Waals surface area contributed by atoms with Gasteiger partial charge in [0.25, 0.3) is 0 Å². The van der Waals surface area contributed by atoms with Crippen molar-refractivity contribution in [3.05, 3.63) is 35.9 Å². The lowest BCUT2D eigenvalue weighted by molar-refractivity contribution is 0.124. The average molecular weight is 289 g/mol. The van der Waals surface area contributed by atoms with E-state index in [9.17, 15) is 0 Å². The highest BCUT2D eigenvalue weighted by atomic mass is 16.5. The number of piperidine rings is 1. The third kappa shape index (κ3) is 5.38. The van der Waals surface area contributed by atoms with Crippen molar-refractivity contribution in [3.8, 4) is 0 Å². The molecule has 1 aromatic rings. The predicted molar refractivity (Wildman–Crippen MR) is 87.4 cm³/mol. The molecule has 4 nitrogen and oxygen atoms in total. The van der Waals surface area contributed by atoms with Crippen LogP contribution < -0.4 is 5.32 Å². The predicted octanol–water partition coefficient (Wildman–Crippen LogP) is 2.51. The molecule has 1 heterocycles. The SMILES string of the molecule is CN=C(NCCOCc1ccccc1)N1CCC(C)CC1. The molecule has 0 bridgehead atoms. The number of likely N-dealkylation sites (tertiary alicyclic amines) is 1. The molecule has 1 fully saturated rings. The highest BCUT2D eigenvalue weighted by molar-refractivity contribution is 5.79. The van der Waals surface area contributed by atoms with Crippen molar-refractivity contribution in [1.29, 1.82) is 0 Å². The van der Waals surface area contributed by atoms with Gasteiger partial charge in [-0.3, -0.25) is 4.99 Å². The molecule has 0 radical (unpaired) electrons. The van der Waals surface area contributed by atoms with Gasteiger partial charge in [0, 0.05) is 26.7 Å². The second-order valence-electron chi connectivity index (χ2n) is 5.68. The first-order chi connectivity index (χ1) is 10.3. The van der Waals surface area contributed by atoms with E-state index in [1.165, 1.54) is 18.4 Å². The van der Waals surface area contributed by atoms with E-state index in [0.717, 1.165) is 31.5 Å². The molecule has 1 aromatic carbocycles. The molecule has 1 aliphatic rings. The van der Waals surface area contributed by atoms with Gasteiger partial charge in [-0.15, -0.1) is 0 Å². The molecule has 1 aliphatic heterocycles. The molecule has 2 rings (SSSR count). The Bertz CT molecular complexity index is 425. The van der Waals surface area contributed by atoms with Crippen LogP contribution in [0.1, 0.15) is 25.3 Å². The van der Waals surface area contributed by atoms with E-state index in [-0.39, 0.29) is 0 Å². The summed E-state index contributed by atoms with van der Waals surface area (Å²) in [6.07, 6.45) is 2.51. The molecule has 4 heteroatoms. The zero-order chi connectivity index (χ0) is 14.9. The van der Waals surface area contributed by atoms with E-state index in [2.05, 4.69) is 34.3 Å². The largest absolute Gasteiger partial charge is 0.375 e. The van der Waals surface area contributed by atoms with Crippen molar-refractivity contribution in [2.45, 2.75) is 26.4 Å². The molecule has 0 spiro atoms. The number of nitrogens with zero attached hydrogens (tertiary/aromatic N) is 2. The summed E-state index contributed by atoms with van der Waals surface area (Å²) in [5.74, 6) is 1.85. The fourth-order valence-electron chi connectivity index (χ4n) is 2.55. The van der Waals surface area contributed by atoms with E-state index in [4.69, 9.17) is 4.74 Å².